The number of carbonyl (C=O) groups excluding carboxylic acids is 2. The molecule has 32 heavy (non-hydrogen) atoms. The van der Waals surface area contributed by atoms with Gasteiger partial charge in [0.05, 0.1) is 11.4 Å². The third-order valence-corrected chi connectivity index (χ3v) is 6.43. The van der Waals surface area contributed by atoms with Gasteiger partial charge < -0.3 is 25.1 Å². The highest BCUT2D eigenvalue weighted by atomic mass is 19.1. The SMILES string of the molecule is Cc1[nH]c(Cc2c(C=O)[nH]c3ccc(F)cc23)c(C)c1NC(=O)CCN1CCN(C)CC1. The number of halogens is 1. The largest absolute Gasteiger partial charge is 0.360 e. The van der Waals surface area contributed by atoms with Crippen molar-refractivity contribution in [3.63, 3.8) is 0 Å². The average Bonchev–Trinajstić information content (AvgIpc) is 3.25. The molecule has 7 nitrogen and oxygen atoms in total. The molecular formula is C24H30FN5O2. The third-order valence-electron chi connectivity index (χ3n) is 6.43. The first-order valence-corrected chi connectivity index (χ1v) is 11.0. The Balaban J connectivity index is 1.48. The lowest BCUT2D eigenvalue weighted by Gasteiger charge is -2.32. The molecule has 3 heterocycles. The van der Waals surface area contributed by atoms with E-state index in [1.165, 1.54) is 12.1 Å². The number of carbonyl (C=O) groups is 2. The highest BCUT2D eigenvalue weighted by Gasteiger charge is 2.19. The maximum absolute atomic E-state index is 13.8. The number of aldehydes is 1. The number of fused-ring (bicyclic) bond motifs is 1. The molecule has 0 bridgehead atoms. The van der Waals surface area contributed by atoms with Crippen LogP contribution in [0.15, 0.2) is 18.2 Å². The van der Waals surface area contributed by atoms with Crippen LogP contribution in [-0.2, 0) is 11.2 Å². The number of aryl methyl sites for hydroxylation is 1. The molecule has 2 aromatic heterocycles. The number of hydrogen-bond acceptors (Lipinski definition) is 4. The molecular weight excluding hydrogens is 409 g/mol. The lowest BCUT2D eigenvalue weighted by molar-refractivity contribution is -0.116. The van der Waals surface area contributed by atoms with E-state index in [0.717, 1.165) is 72.7 Å². The zero-order valence-electron chi connectivity index (χ0n) is 18.8. The second kappa shape index (κ2) is 9.26. The van der Waals surface area contributed by atoms with Crippen LogP contribution in [0.5, 0.6) is 0 Å². The molecule has 4 rings (SSSR count). The van der Waals surface area contributed by atoms with Gasteiger partial charge in [-0.05, 0) is 50.2 Å². The number of aromatic amines is 2. The van der Waals surface area contributed by atoms with Crippen LogP contribution < -0.4 is 5.32 Å². The summed E-state index contributed by atoms with van der Waals surface area (Å²) < 4.78 is 13.8. The Labute approximate surface area is 187 Å². The van der Waals surface area contributed by atoms with E-state index >= 15 is 0 Å². The molecule has 0 aliphatic carbocycles. The fraction of sp³-hybridized carbons (Fsp3) is 0.417. The van der Waals surface area contributed by atoms with Gasteiger partial charge >= 0.3 is 0 Å². The van der Waals surface area contributed by atoms with E-state index in [9.17, 15) is 14.0 Å². The fourth-order valence-corrected chi connectivity index (χ4v) is 4.42. The molecule has 0 saturated carbocycles. The highest BCUT2D eigenvalue weighted by molar-refractivity contribution is 5.94. The van der Waals surface area contributed by atoms with Crippen molar-refractivity contribution in [2.24, 2.45) is 0 Å². The predicted molar refractivity (Wildman–Crippen MR) is 124 cm³/mol. The Morgan fingerprint density at radius 3 is 2.66 bits per heavy atom. The van der Waals surface area contributed by atoms with Gasteiger partial charge in [-0.3, -0.25) is 9.59 Å². The summed E-state index contributed by atoms with van der Waals surface area (Å²) in [7, 11) is 2.12. The van der Waals surface area contributed by atoms with Gasteiger partial charge in [0.25, 0.3) is 0 Å². The standard InChI is InChI=1S/C24H30FN5O2/c1-15-21(13-19-18-12-17(25)4-5-20(18)27-22(19)14-31)26-16(2)24(15)28-23(32)6-7-30-10-8-29(3)9-11-30/h4-5,12,14,26-27H,6-11,13H2,1-3H3,(H,28,32). The van der Waals surface area contributed by atoms with Crippen LogP contribution in [0.4, 0.5) is 10.1 Å². The lowest BCUT2D eigenvalue weighted by Crippen LogP contribution is -2.45. The number of H-pyrrole nitrogens is 2. The Kier molecular flexibility index (Phi) is 6.43. The number of nitrogens with zero attached hydrogens (tertiary/aromatic N) is 2. The minimum absolute atomic E-state index is 0.0107. The van der Waals surface area contributed by atoms with E-state index in [2.05, 4.69) is 32.1 Å². The summed E-state index contributed by atoms with van der Waals surface area (Å²) in [5.41, 5.74) is 5.37. The van der Waals surface area contributed by atoms with Crippen LogP contribution in [0.2, 0.25) is 0 Å². The van der Waals surface area contributed by atoms with Gasteiger partial charge in [-0.2, -0.15) is 0 Å². The van der Waals surface area contributed by atoms with Crippen molar-refractivity contribution >= 4 is 28.8 Å². The second-order valence-electron chi connectivity index (χ2n) is 8.67. The Hall–Kier alpha value is -2.97. The number of hydrogen-bond donors (Lipinski definition) is 3. The van der Waals surface area contributed by atoms with Gasteiger partial charge in [0, 0.05) is 67.9 Å². The van der Waals surface area contributed by atoms with E-state index in [1.807, 2.05) is 13.8 Å². The van der Waals surface area contributed by atoms with Crippen LogP contribution in [0.25, 0.3) is 10.9 Å². The number of rotatable bonds is 7. The summed E-state index contributed by atoms with van der Waals surface area (Å²) in [6.45, 7) is 8.65. The molecule has 0 unspecified atom stereocenters. The summed E-state index contributed by atoms with van der Waals surface area (Å²) in [6, 6.07) is 4.46. The summed E-state index contributed by atoms with van der Waals surface area (Å²) in [5.74, 6) is -0.355. The number of nitrogens with one attached hydrogen (secondary N) is 3. The summed E-state index contributed by atoms with van der Waals surface area (Å²) in [5, 5.41) is 3.75. The molecule has 1 aliphatic heterocycles. The minimum atomic E-state index is -0.345. The van der Waals surface area contributed by atoms with Gasteiger partial charge in [0.15, 0.2) is 6.29 Å². The Bertz CT molecular complexity index is 1140. The topological polar surface area (TPSA) is 84.2 Å². The maximum Gasteiger partial charge on any atom is 0.225 e. The Morgan fingerprint density at radius 1 is 1.19 bits per heavy atom. The lowest BCUT2D eigenvalue weighted by atomic mass is 10.0. The second-order valence-corrected chi connectivity index (χ2v) is 8.67. The molecule has 1 fully saturated rings. The molecule has 8 heteroatoms. The minimum Gasteiger partial charge on any atom is -0.360 e. The molecule has 0 spiro atoms. The fourth-order valence-electron chi connectivity index (χ4n) is 4.42. The van der Waals surface area contributed by atoms with Crippen LogP contribution in [0, 0.1) is 19.7 Å². The van der Waals surface area contributed by atoms with Crippen molar-refractivity contribution in [1.82, 2.24) is 19.8 Å². The van der Waals surface area contributed by atoms with Gasteiger partial charge in [-0.25, -0.2) is 4.39 Å². The van der Waals surface area contributed by atoms with Crippen LogP contribution in [0.3, 0.4) is 0 Å². The first kappa shape index (κ1) is 22.2. The smallest absolute Gasteiger partial charge is 0.225 e. The number of aromatic nitrogens is 2. The molecule has 1 aliphatic rings. The number of likely N-dealkylation sites (N-methyl/N-ethyl adjacent to an activating group) is 1. The quantitative estimate of drug-likeness (QED) is 0.494. The van der Waals surface area contributed by atoms with Crippen molar-refractivity contribution in [3.05, 3.63) is 52.2 Å². The Morgan fingerprint density at radius 2 is 1.94 bits per heavy atom. The number of benzene rings is 1. The average molecular weight is 440 g/mol. The van der Waals surface area contributed by atoms with E-state index in [-0.39, 0.29) is 11.7 Å². The number of anilines is 1. The third kappa shape index (κ3) is 4.61. The number of piperazine rings is 1. The summed E-state index contributed by atoms with van der Waals surface area (Å²) in [4.78, 5) is 35.2. The first-order valence-electron chi connectivity index (χ1n) is 11.0. The van der Waals surface area contributed by atoms with Crippen molar-refractivity contribution in [2.45, 2.75) is 26.7 Å². The molecule has 1 amide bonds. The predicted octanol–water partition coefficient (Wildman–Crippen LogP) is 3.23. The van der Waals surface area contributed by atoms with Crippen molar-refractivity contribution in [1.29, 1.82) is 0 Å². The van der Waals surface area contributed by atoms with Crippen LogP contribution in [-0.4, -0.2) is 71.7 Å². The first-order chi connectivity index (χ1) is 15.4. The van der Waals surface area contributed by atoms with Crippen molar-refractivity contribution < 1.29 is 14.0 Å². The number of amides is 1. The molecule has 1 saturated heterocycles. The molecule has 3 aromatic rings. The zero-order valence-corrected chi connectivity index (χ0v) is 18.8. The highest BCUT2D eigenvalue weighted by Crippen LogP contribution is 2.30. The van der Waals surface area contributed by atoms with Gasteiger partial charge in [0.1, 0.15) is 5.82 Å². The monoisotopic (exact) mass is 439 g/mol. The van der Waals surface area contributed by atoms with E-state index in [0.29, 0.717) is 23.9 Å². The van der Waals surface area contributed by atoms with Crippen LogP contribution in [0.1, 0.15) is 39.4 Å². The molecule has 0 atom stereocenters. The van der Waals surface area contributed by atoms with E-state index < -0.39 is 0 Å². The molecule has 170 valence electrons. The van der Waals surface area contributed by atoms with Crippen molar-refractivity contribution in [3.8, 4) is 0 Å². The van der Waals surface area contributed by atoms with E-state index in [4.69, 9.17) is 0 Å². The summed E-state index contributed by atoms with van der Waals surface area (Å²) >= 11 is 0. The maximum atomic E-state index is 13.8. The molecule has 0 radical (unpaired) electrons. The normalized spacial score (nSPS) is 15.4. The van der Waals surface area contributed by atoms with Gasteiger partial charge in [-0.1, -0.05) is 0 Å². The summed E-state index contributed by atoms with van der Waals surface area (Å²) in [6.07, 6.45) is 1.64. The van der Waals surface area contributed by atoms with Crippen molar-refractivity contribution in [2.75, 3.05) is 45.1 Å². The van der Waals surface area contributed by atoms with Gasteiger partial charge in [-0.15, -0.1) is 0 Å². The molecule has 3 N–H and O–H groups in total. The zero-order chi connectivity index (χ0) is 22.8. The molecule has 1 aromatic carbocycles. The van der Waals surface area contributed by atoms with Crippen LogP contribution >= 0.6 is 0 Å². The van der Waals surface area contributed by atoms with E-state index in [1.54, 1.807) is 6.07 Å². The van der Waals surface area contributed by atoms with Gasteiger partial charge in [0.2, 0.25) is 5.91 Å².